The van der Waals surface area contributed by atoms with Gasteiger partial charge in [0.2, 0.25) is 10.0 Å². The second-order valence-corrected chi connectivity index (χ2v) is 15.6. The Labute approximate surface area is 284 Å². The molecule has 0 aliphatic heterocycles. The van der Waals surface area contributed by atoms with Crippen LogP contribution in [0, 0.1) is 12.3 Å². The van der Waals surface area contributed by atoms with E-state index in [9.17, 15) is 13.2 Å². The molecule has 0 aliphatic carbocycles. The van der Waals surface area contributed by atoms with Gasteiger partial charge in [-0.05, 0) is 84.0 Å². The molecule has 1 aromatic heterocycles. The fourth-order valence-electron chi connectivity index (χ4n) is 8.22. The van der Waals surface area contributed by atoms with E-state index in [1.165, 1.54) is 0 Å². The molecule has 0 spiro atoms. The molecule has 1 atom stereocenters. The fourth-order valence-corrected chi connectivity index (χ4v) is 10.5. The number of nitrogens with one attached hydrogen (secondary N) is 1. The summed E-state index contributed by atoms with van der Waals surface area (Å²) in [5, 5.41) is 6.31. The number of benzene rings is 5. The summed E-state index contributed by atoms with van der Waals surface area (Å²) in [6.45, 7) is 15.0. The first-order chi connectivity index (χ1) is 23.0. The summed E-state index contributed by atoms with van der Waals surface area (Å²) in [5.74, 6) is 0. The highest BCUT2D eigenvalue weighted by atomic mass is 32.2. The maximum Gasteiger partial charge on any atom is 0.263 e. The Bertz CT molecular complexity index is 2340. The average Bonchev–Trinajstić information content (AvgIpc) is 3.10. The van der Waals surface area contributed by atoms with Gasteiger partial charge in [-0.25, -0.2) is 13.1 Å². The van der Waals surface area contributed by atoms with Crippen molar-refractivity contribution in [3.05, 3.63) is 129 Å². The van der Waals surface area contributed by atoms with Gasteiger partial charge in [-0.3, -0.25) is 9.36 Å². The van der Waals surface area contributed by atoms with Crippen LogP contribution < -0.4 is 15.6 Å². The van der Waals surface area contributed by atoms with Gasteiger partial charge < -0.3 is 0 Å². The zero-order valence-corrected chi connectivity index (χ0v) is 29.6. The van der Waals surface area contributed by atoms with Crippen LogP contribution in [0.2, 0.25) is 0 Å². The Morgan fingerprint density at radius 2 is 1.42 bits per heavy atom. The molecular weight excluding hydrogens is 613 g/mol. The number of pyridine rings is 1. The molecule has 6 rings (SSSR count). The SMILES string of the molecule is C=c1c2cccc3cc(CCC(C)(CC)C(CC)(CC)S(=O)(=O)NCc4ccccc4)cc(c(=O)n1-c1cccc4cccc(C)c14)c32. The second-order valence-electron chi connectivity index (χ2n) is 13.5. The Kier molecular flexibility index (Phi) is 9.10. The molecule has 0 fully saturated rings. The molecule has 0 aliphatic rings. The lowest BCUT2D eigenvalue weighted by Gasteiger charge is -2.47. The van der Waals surface area contributed by atoms with Gasteiger partial charge in [0.15, 0.2) is 0 Å². The molecule has 5 aromatic carbocycles. The summed E-state index contributed by atoms with van der Waals surface area (Å²) < 4.78 is 32.2. The number of fused-ring (bicyclic) bond motifs is 1. The zero-order chi connectivity index (χ0) is 34.3. The Balaban J connectivity index is 1.43. The third-order valence-electron chi connectivity index (χ3n) is 11.2. The number of aryl methyl sites for hydroxylation is 2. The van der Waals surface area contributed by atoms with Crippen molar-refractivity contribution in [2.75, 3.05) is 0 Å². The maximum absolute atomic E-state index is 14.5. The molecule has 1 heterocycles. The summed E-state index contributed by atoms with van der Waals surface area (Å²) in [5.41, 5.74) is 3.28. The van der Waals surface area contributed by atoms with E-state index in [0.29, 0.717) is 42.8 Å². The highest BCUT2D eigenvalue weighted by Gasteiger charge is 2.53. The molecule has 1 N–H and O–H groups in total. The number of nitrogens with zero attached hydrogens (tertiary/aromatic N) is 1. The topological polar surface area (TPSA) is 68.2 Å². The van der Waals surface area contributed by atoms with Gasteiger partial charge in [-0.2, -0.15) is 0 Å². The van der Waals surface area contributed by atoms with Crippen LogP contribution in [0.3, 0.4) is 0 Å². The molecule has 5 nitrogen and oxygen atoms in total. The molecule has 6 aromatic rings. The van der Waals surface area contributed by atoms with Crippen molar-refractivity contribution < 1.29 is 8.42 Å². The van der Waals surface area contributed by atoms with Crippen LogP contribution in [0.4, 0.5) is 0 Å². The Hall–Kier alpha value is -4.26. The average molecular weight is 659 g/mol. The third kappa shape index (κ3) is 5.45. The molecule has 0 radical (unpaired) electrons. The zero-order valence-electron chi connectivity index (χ0n) is 28.8. The number of rotatable bonds is 12. The van der Waals surface area contributed by atoms with E-state index in [1.54, 1.807) is 4.57 Å². The summed E-state index contributed by atoms with van der Waals surface area (Å²) in [6.07, 6.45) is 3.03. The molecule has 6 heteroatoms. The highest BCUT2D eigenvalue weighted by Crippen LogP contribution is 2.48. The van der Waals surface area contributed by atoms with E-state index >= 15 is 0 Å². The first-order valence-corrected chi connectivity index (χ1v) is 18.6. The summed E-state index contributed by atoms with van der Waals surface area (Å²) >= 11 is 0. The van der Waals surface area contributed by atoms with E-state index in [4.69, 9.17) is 0 Å². The van der Waals surface area contributed by atoms with Gasteiger partial charge in [-0.1, -0.05) is 119 Å². The van der Waals surface area contributed by atoms with Gasteiger partial charge in [-0.15, -0.1) is 0 Å². The molecule has 0 saturated heterocycles. The molecular formula is C42H46N2O3S. The van der Waals surface area contributed by atoms with Crippen LogP contribution in [0.5, 0.6) is 0 Å². The molecule has 0 bridgehead atoms. The standard InChI is InChI=1S/C42H46N2O3S/c1-7-41(6,42(8-2,9-3)48(46,47)43-28-31-17-11-10-12-18-31)25-24-32-26-34-21-14-22-35-30(5)44(40(45)36(27-32)39(34)35)37-23-15-20-33-19-13-16-29(4)38(33)37/h10-23,26-27,43H,5,7-9,24-25,28H2,1-4,6H3. The van der Waals surface area contributed by atoms with Crippen LogP contribution in [0.15, 0.2) is 102 Å². The van der Waals surface area contributed by atoms with Crippen molar-refractivity contribution in [2.45, 2.75) is 78.0 Å². The Morgan fingerprint density at radius 3 is 2.10 bits per heavy atom. The smallest absolute Gasteiger partial charge is 0.263 e. The van der Waals surface area contributed by atoms with Gasteiger partial charge in [0.25, 0.3) is 5.56 Å². The lowest BCUT2D eigenvalue weighted by molar-refractivity contribution is 0.170. The number of hydrogen-bond acceptors (Lipinski definition) is 3. The largest absolute Gasteiger partial charge is 0.276 e. The first-order valence-electron chi connectivity index (χ1n) is 17.1. The second kappa shape index (κ2) is 13.0. The predicted molar refractivity (Wildman–Crippen MR) is 202 cm³/mol. The number of sulfonamides is 1. The molecule has 248 valence electrons. The summed E-state index contributed by atoms with van der Waals surface area (Å²) in [4.78, 5) is 14.5. The molecule has 0 saturated carbocycles. The van der Waals surface area contributed by atoms with Gasteiger partial charge in [0.1, 0.15) is 0 Å². The van der Waals surface area contributed by atoms with Gasteiger partial charge >= 0.3 is 0 Å². The molecule has 1 unspecified atom stereocenters. The van der Waals surface area contributed by atoms with E-state index in [-0.39, 0.29) is 12.1 Å². The van der Waals surface area contributed by atoms with Crippen LogP contribution >= 0.6 is 0 Å². The van der Waals surface area contributed by atoms with Crippen molar-refractivity contribution in [2.24, 2.45) is 5.41 Å². The van der Waals surface area contributed by atoms with Crippen molar-refractivity contribution >= 4 is 48.9 Å². The summed E-state index contributed by atoms with van der Waals surface area (Å²) in [7, 11) is -3.70. The third-order valence-corrected chi connectivity index (χ3v) is 13.8. The normalized spacial score (nSPS) is 13.8. The predicted octanol–water partition coefficient (Wildman–Crippen LogP) is 8.76. The van der Waals surface area contributed by atoms with Crippen molar-refractivity contribution in [1.29, 1.82) is 0 Å². The van der Waals surface area contributed by atoms with Crippen molar-refractivity contribution in [3.63, 3.8) is 0 Å². The van der Waals surface area contributed by atoms with Crippen LogP contribution in [-0.4, -0.2) is 17.7 Å². The lowest BCUT2D eigenvalue weighted by Crippen LogP contribution is -2.56. The van der Waals surface area contributed by atoms with Gasteiger partial charge in [0, 0.05) is 33.4 Å². The van der Waals surface area contributed by atoms with Crippen LogP contribution in [0.25, 0.3) is 44.6 Å². The van der Waals surface area contributed by atoms with E-state index in [0.717, 1.165) is 49.3 Å². The number of hydrogen-bond donors (Lipinski definition) is 1. The number of aromatic nitrogens is 1. The highest BCUT2D eigenvalue weighted by molar-refractivity contribution is 7.90. The minimum Gasteiger partial charge on any atom is -0.276 e. The van der Waals surface area contributed by atoms with E-state index in [1.807, 2.05) is 80.6 Å². The monoisotopic (exact) mass is 658 g/mol. The van der Waals surface area contributed by atoms with Crippen LogP contribution in [-0.2, 0) is 23.0 Å². The fraction of sp³-hybridized carbons (Fsp3) is 0.310. The maximum atomic E-state index is 14.5. The molecule has 0 amide bonds. The van der Waals surface area contributed by atoms with Crippen LogP contribution in [0.1, 0.15) is 70.1 Å². The molecule has 48 heavy (non-hydrogen) atoms. The van der Waals surface area contributed by atoms with Crippen molar-refractivity contribution in [1.82, 2.24) is 9.29 Å². The first kappa shape index (κ1) is 33.6. The summed E-state index contributed by atoms with van der Waals surface area (Å²) in [6, 6.07) is 32.3. The van der Waals surface area contributed by atoms with E-state index in [2.05, 4.69) is 62.4 Å². The van der Waals surface area contributed by atoms with E-state index < -0.39 is 20.2 Å². The Morgan fingerprint density at radius 1 is 0.750 bits per heavy atom. The minimum atomic E-state index is -3.70. The van der Waals surface area contributed by atoms with Gasteiger partial charge in [0.05, 0.1) is 10.4 Å². The van der Waals surface area contributed by atoms with Crippen molar-refractivity contribution in [3.8, 4) is 5.69 Å². The lowest BCUT2D eigenvalue weighted by atomic mass is 9.68. The quantitative estimate of drug-likeness (QED) is 0.143. The minimum absolute atomic E-state index is 0.0938.